The normalized spacial score (nSPS) is 27.5. The Morgan fingerprint density at radius 2 is 2.40 bits per heavy atom. The zero-order valence-corrected chi connectivity index (χ0v) is 10.7. The number of hydrogen-bond acceptors (Lipinski definition) is 4. The van der Waals surface area contributed by atoms with Crippen molar-refractivity contribution in [1.29, 1.82) is 0 Å². The fraction of sp³-hybridized carbons (Fsp3) is 1.00. The molecule has 0 aliphatic carbocycles. The lowest BCUT2D eigenvalue weighted by atomic mass is 10.3. The highest BCUT2D eigenvalue weighted by Crippen LogP contribution is 2.01. The summed E-state index contributed by atoms with van der Waals surface area (Å²) < 4.78 is 16.7. The predicted octanol–water partition coefficient (Wildman–Crippen LogP) is -0.326. The van der Waals surface area contributed by atoms with Crippen LogP contribution in [-0.2, 0) is 15.5 Å². The Kier molecular flexibility index (Phi) is 5.74. The van der Waals surface area contributed by atoms with E-state index in [4.69, 9.17) is 4.74 Å². The minimum absolute atomic E-state index is 0.214. The minimum atomic E-state index is -0.737. The molecule has 1 rings (SSSR count). The first-order chi connectivity index (χ1) is 7.09. The van der Waals surface area contributed by atoms with Crippen LogP contribution in [0.25, 0.3) is 0 Å². The average Bonchev–Trinajstić information content (AvgIpc) is 2.17. The highest BCUT2D eigenvalue weighted by Gasteiger charge is 2.17. The Balaban J connectivity index is 2.11. The van der Waals surface area contributed by atoms with Crippen LogP contribution in [0.2, 0.25) is 0 Å². The molecule has 4 nitrogen and oxygen atoms in total. The molecule has 90 valence electrons. The van der Waals surface area contributed by atoms with Crippen LogP contribution in [-0.4, -0.2) is 66.6 Å². The van der Waals surface area contributed by atoms with Gasteiger partial charge in [-0.2, -0.15) is 0 Å². The largest absolute Gasteiger partial charge is 0.374 e. The van der Waals surface area contributed by atoms with Gasteiger partial charge in [0.1, 0.15) is 0 Å². The second kappa shape index (κ2) is 6.58. The first kappa shape index (κ1) is 13.1. The number of ether oxygens (including phenoxy) is 1. The Labute approximate surface area is 94.8 Å². The molecule has 1 fully saturated rings. The van der Waals surface area contributed by atoms with Gasteiger partial charge in [0.05, 0.1) is 12.7 Å². The van der Waals surface area contributed by atoms with Crippen LogP contribution >= 0.6 is 0 Å². The van der Waals surface area contributed by atoms with Gasteiger partial charge in [-0.15, -0.1) is 0 Å². The van der Waals surface area contributed by atoms with Crippen molar-refractivity contribution in [3.63, 3.8) is 0 Å². The first-order valence-electron chi connectivity index (χ1n) is 5.42. The first-order valence-corrected chi connectivity index (χ1v) is 7.05. The molecule has 0 bridgehead atoms. The maximum atomic E-state index is 11.1. The van der Waals surface area contributed by atoms with E-state index in [0.717, 1.165) is 32.8 Å². The van der Waals surface area contributed by atoms with Crippen LogP contribution in [0.15, 0.2) is 0 Å². The fourth-order valence-electron chi connectivity index (χ4n) is 1.56. The van der Waals surface area contributed by atoms with Crippen molar-refractivity contribution in [2.24, 2.45) is 0 Å². The van der Waals surface area contributed by atoms with E-state index in [1.54, 1.807) is 6.26 Å². The summed E-state index contributed by atoms with van der Waals surface area (Å²) in [4.78, 5) is 2.28. The van der Waals surface area contributed by atoms with E-state index in [1.807, 2.05) is 6.92 Å². The standard InChI is InChI=1S/C10H22N2O2S/c1-9(15(3)13)6-11-7-10-8-12(2)4-5-14-10/h9-11H,4-8H2,1-3H3. The molecule has 1 saturated heterocycles. The molecular formula is C10H22N2O2S. The summed E-state index contributed by atoms with van der Waals surface area (Å²) in [6.45, 7) is 6.47. The monoisotopic (exact) mass is 234 g/mol. The third kappa shape index (κ3) is 5.06. The molecule has 0 radical (unpaired) electrons. The van der Waals surface area contributed by atoms with E-state index in [2.05, 4.69) is 17.3 Å². The van der Waals surface area contributed by atoms with Gasteiger partial charge in [0, 0.05) is 48.5 Å². The topological polar surface area (TPSA) is 41.6 Å². The molecule has 0 saturated carbocycles. The number of nitrogens with one attached hydrogen (secondary N) is 1. The predicted molar refractivity (Wildman–Crippen MR) is 63.6 cm³/mol. The molecule has 0 aromatic rings. The maximum Gasteiger partial charge on any atom is 0.0826 e. The lowest BCUT2D eigenvalue weighted by molar-refractivity contribution is -0.0179. The molecule has 1 N–H and O–H groups in total. The summed E-state index contributed by atoms with van der Waals surface area (Å²) in [6, 6.07) is 0. The van der Waals surface area contributed by atoms with Gasteiger partial charge in [-0.05, 0) is 14.0 Å². The van der Waals surface area contributed by atoms with E-state index in [1.165, 1.54) is 0 Å². The Bertz CT molecular complexity index is 214. The van der Waals surface area contributed by atoms with E-state index in [9.17, 15) is 4.21 Å². The van der Waals surface area contributed by atoms with Crippen molar-refractivity contribution < 1.29 is 8.95 Å². The van der Waals surface area contributed by atoms with Gasteiger partial charge in [-0.3, -0.25) is 4.21 Å². The van der Waals surface area contributed by atoms with Crippen LogP contribution < -0.4 is 5.32 Å². The van der Waals surface area contributed by atoms with Crippen LogP contribution in [0.1, 0.15) is 6.92 Å². The lowest BCUT2D eigenvalue weighted by Crippen LogP contribution is -2.45. The molecule has 0 aromatic carbocycles. The van der Waals surface area contributed by atoms with Crippen molar-refractivity contribution in [1.82, 2.24) is 10.2 Å². The van der Waals surface area contributed by atoms with E-state index < -0.39 is 10.8 Å². The van der Waals surface area contributed by atoms with Crippen molar-refractivity contribution in [2.45, 2.75) is 18.3 Å². The number of hydrogen-bond donors (Lipinski definition) is 1. The van der Waals surface area contributed by atoms with Gasteiger partial charge in [0.25, 0.3) is 0 Å². The van der Waals surface area contributed by atoms with Gasteiger partial charge in [0.15, 0.2) is 0 Å². The SMILES string of the molecule is CC(CNCC1CN(C)CCO1)S(C)=O. The summed E-state index contributed by atoms with van der Waals surface area (Å²) in [7, 11) is 1.37. The van der Waals surface area contributed by atoms with Crippen molar-refractivity contribution in [3.05, 3.63) is 0 Å². The molecule has 15 heavy (non-hydrogen) atoms. The molecule has 0 aromatic heterocycles. The molecule has 3 unspecified atom stereocenters. The highest BCUT2D eigenvalue weighted by atomic mass is 32.2. The smallest absolute Gasteiger partial charge is 0.0826 e. The molecule has 1 aliphatic rings. The van der Waals surface area contributed by atoms with E-state index in [-0.39, 0.29) is 11.4 Å². The summed E-state index contributed by atoms with van der Waals surface area (Å²) in [5, 5.41) is 3.53. The van der Waals surface area contributed by atoms with Crippen LogP contribution in [0, 0.1) is 0 Å². The summed E-state index contributed by atoms with van der Waals surface area (Å²) >= 11 is 0. The molecule has 0 amide bonds. The Morgan fingerprint density at radius 1 is 1.67 bits per heavy atom. The van der Waals surface area contributed by atoms with Crippen molar-refractivity contribution in [3.8, 4) is 0 Å². The molecule has 1 heterocycles. The van der Waals surface area contributed by atoms with Crippen molar-refractivity contribution in [2.75, 3.05) is 46.1 Å². The molecule has 1 aliphatic heterocycles. The van der Waals surface area contributed by atoms with Crippen LogP contribution in [0.3, 0.4) is 0 Å². The van der Waals surface area contributed by atoms with Gasteiger partial charge >= 0.3 is 0 Å². The lowest BCUT2D eigenvalue weighted by Gasteiger charge is -2.30. The van der Waals surface area contributed by atoms with Gasteiger partial charge < -0.3 is 15.0 Å². The molecule has 0 spiro atoms. The minimum Gasteiger partial charge on any atom is -0.374 e. The van der Waals surface area contributed by atoms with Gasteiger partial charge in [-0.1, -0.05) is 0 Å². The zero-order chi connectivity index (χ0) is 11.3. The van der Waals surface area contributed by atoms with E-state index >= 15 is 0 Å². The average molecular weight is 234 g/mol. The summed E-state index contributed by atoms with van der Waals surface area (Å²) in [5.41, 5.74) is 0. The fourth-order valence-corrected chi connectivity index (χ4v) is 1.91. The zero-order valence-electron chi connectivity index (χ0n) is 9.86. The Hall–Kier alpha value is 0.0300. The van der Waals surface area contributed by atoms with Gasteiger partial charge in [-0.25, -0.2) is 0 Å². The Morgan fingerprint density at radius 3 is 3.00 bits per heavy atom. The van der Waals surface area contributed by atoms with Crippen molar-refractivity contribution >= 4 is 10.8 Å². The number of rotatable bonds is 5. The number of morpholine rings is 1. The maximum absolute atomic E-state index is 11.1. The highest BCUT2D eigenvalue weighted by molar-refractivity contribution is 7.84. The molecule has 3 atom stereocenters. The third-order valence-corrected chi connectivity index (χ3v) is 4.01. The third-order valence-electron chi connectivity index (χ3n) is 2.71. The number of nitrogens with zero attached hydrogens (tertiary/aromatic N) is 1. The molecular weight excluding hydrogens is 212 g/mol. The van der Waals surface area contributed by atoms with Crippen LogP contribution in [0.4, 0.5) is 0 Å². The summed E-state index contributed by atoms with van der Waals surface area (Å²) in [5.74, 6) is 0. The number of likely N-dealkylation sites (N-methyl/N-ethyl adjacent to an activating group) is 1. The van der Waals surface area contributed by atoms with Crippen LogP contribution in [0.5, 0.6) is 0 Å². The molecule has 5 heteroatoms. The van der Waals surface area contributed by atoms with E-state index in [0.29, 0.717) is 0 Å². The van der Waals surface area contributed by atoms with Gasteiger partial charge in [0.2, 0.25) is 0 Å². The second-order valence-corrected chi connectivity index (χ2v) is 6.02. The quantitative estimate of drug-likeness (QED) is 0.707. The second-order valence-electron chi connectivity index (χ2n) is 4.22. The summed E-state index contributed by atoms with van der Waals surface area (Å²) in [6.07, 6.45) is 2.03.